The SMILES string of the molecule is O=C(CNC(=O)NCc1ccc(F)cc1)Nc1ccccc1N1CCN(CCc2ccncc2)CC1. The second-order valence-corrected chi connectivity index (χ2v) is 8.66. The van der Waals surface area contributed by atoms with E-state index in [1.807, 2.05) is 36.7 Å². The molecule has 0 saturated carbocycles. The van der Waals surface area contributed by atoms with Crippen molar-refractivity contribution in [1.82, 2.24) is 20.5 Å². The summed E-state index contributed by atoms with van der Waals surface area (Å²) in [5, 5.41) is 8.13. The number of hydrogen-bond acceptors (Lipinski definition) is 5. The number of anilines is 2. The Morgan fingerprint density at radius 2 is 1.58 bits per heavy atom. The predicted octanol–water partition coefficient (Wildman–Crippen LogP) is 3.02. The van der Waals surface area contributed by atoms with Gasteiger partial charge in [0.05, 0.1) is 17.9 Å². The first kappa shape index (κ1) is 25.1. The number of nitrogens with one attached hydrogen (secondary N) is 3. The fourth-order valence-electron chi connectivity index (χ4n) is 4.11. The van der Waals surface area contributed by atoms with Crippen molar-refractivity contribution in [3.8, 4) is 0 Å². The Labute approximate surface area is 210 Å². The summed E-state index contributed by atoms with van der Waals surface area (Å²) < 4.78 is 13.0. The van der Waals surface area contributed by atoms with Crippen LogP contribution in [0, 0.1) is 5.82 Å². The number of piperazine rings is 1. The Balaban J connectivity index is 1.21. The van der Waals surface area contributed by atoms with Crippen molar-refractivity contribution in [2.45, 2.75) is 13.0 Å². The lowest BCUT2D eigenvalue weighted by atomic mass is 10.1. The van der Waals surface area contributed by atoms with Crippen molar-refractivity contribution in [2.24, 2.45) is 0 Å². The number of hydrogen-bond donors (Lipinski definition) is 3. The summed E-state index contributed by atoms with van der Waals surface area (Å²) in [5.41, 5.74) is 3.75. The van der Waals surface area contributed by atoms with Crippen LogP contribution in [0.3, 0.4) is 0 Å². The molecule has 0 aliphatic carbocycles. The van der Waals surface area contributed by atoms with E-state index in [0.29, 0.717) is 0 Å². The second kappa shape index (κ2) is 12.6. The number of amides is 3. The van der Waals surface area contributed by atoms with Crippen LogP contribution < -0.4 is 20.9 Å². The molecule has 1 saturated heterocycles. The largest absolute Gasteiger partial charge is 0.367 e. The highest BCUT2D eigenvalue weighted by Crippen LogP contribution is 2.26. The summed E-state index contributed by atoms with van der Waals surface area (Å²) in [6.07, 6.45) is 4.66. The van der Waals surface area contributed by atoms with Crippen molar-refractivity contribution < 1.29 is 14.0 Å². The van der Waals surface area contributed by atoms with Crippen molar-refractivity contribution in [2.75, 3.05) is 49.5 Å². The third kappa shape index (κ3) is 7.51. The van der Waals surface area contributed by atoms with Gasteiger partial charge in [-0.15, -0.1) is 0 Å². The van der Waals surface area contributed by atoms with Crippen LogP contribution >= 0.6 is 0 Å². The predicted molar refractivity (Wildman–Crippen MR) is 138 cm³/mol. The van der Waals surface area contributed by atoms with Crippen LogP contribution in [0.15, 0.2) is 73.1 Å². The lowest BCUT2D eigenvalue weighted by Gasteiger charge is -2.37. The fourth-order valence-corrected chi connectivity index (χ4v) is 4.11. The molecule has 36 heavy (non-hydrogen) atoms. The standard InChI is InChI=1S/C27H31FN6O2/c28-23-7-5-22(6-8-23)19-30-27(36)31-20-26(35)32-24-3-1-2-4-25(24)34-17-15-33(16-18-34)14-11-21-9-12-29-13-10-21/h1-10,12-13H,11,14-20H2,(H,32,35)(H2,30,31,36). The first-order valence-corrected chi connectivity index (χ1v) is 12.1. The number of benzene rings is 2. The molecule has 188 valence electrons. The lowest BCUT2D eigenvalue weighted by Crippen LogP contribution is -2.47. The van der Waals surface area contributed by atoms with Crippen LogP contribution in [0.25, 0.3) is 0 Å². The second-order valence-electron chi connectivity index (χ2n) is 8.66. The van der Waals surface area contributed by atoms with Gasteiger partial charge < -0.3 is 20.9 Å². The molecule has 1 aliphatic rings. The molecule has 3 N–H and O–H groups in total. The molecule has 1 aromatic heterocycles. The van der Waals surface area contributed by atoms with Gasteiger partial charge in [-0.05, 0) is 53.9 Å². The van der Waals surface area contributed by atoms with Crippen molar-refractivity contribution in [3.63, 3.8) is 0 Å². The highest BCUT2D eigenvalue weighted by Gasteiger charge is 2.19. The Hall–Kier alpha value is -3.98. The number of pyridine rings is 1. The van der Waals surface area contributed by atoms with Crippen LogP contribution in [0.4, 0.5) is 20.6 Å². The number of halogens is 1. The minimum absolute atomic E-state index is 0.160. The monoisotopic (exact) mass is 490 g/mol. The minimum Gasteiger partial charge on any atom is -0.367 e. The Morgan fingerprint density at radius 3 is 2.33 bits per heavy atom. The van der Waals surface area contributed by atoms with Gasteiger partial charge in [-0.1, -0.05) is 24.3 Å². The van der Waals surface area contributed by atoms with E-state index in [4.69, 9.17) is 0 Å². The zero-order valence-electron chi connectivity index (χ0n) is 20.1. The van der Waals surface area contributed by atoms with Crippen molar-refractivity contribution in [1.29, 1.82) is 0 Å². The molecule has 2 heterocycles. The Bertz CT molecular complexity index is 1130. The zero-order chi connectivity index (χ0) is 25.2. The van der Waals surface area contributed by atoms with E-state index in [9.17, 15) is 14.0 Å². The Morgan fingerprint density at radius 1 is 0.861 bits per heavy atom. The number of carbonyl (C=O) groups excluding carboxylic acids is 2. The molecule has 2 aromatic carbocycles. The molecule has 0 spiro atoms. The Kier molecular flexibility index (Phi) is 8.82. The van der Waals surface area contributed by atoms with E-state index >= 15 is 0 Å². The van der Waals surface area contributed by atoms with Gasteiger partial charge in [0.2, 0.25) is 5.91 Å². The molecule has 0 unspecified atom stereocenters. The van der Waals surface area contributed by atoms with Gasteiger partial charge in [0, 0.05) is 51.7 Å². The molecule has 9 heteroatoms. The fraction of sp³-hybridized carbons (Fsp3) is 0.296. The van der Waals surface area contributed by atoms with Gasteiger partial charge in [0.15, 0.2) is 0 Å². The van der Waals surface area contributed by atoms with Crippen LogP contribution in [0.2, 0.25) is 0 Å². The zero-order valence-corrected chi connectivity index (χ0v) is 20.1. The summed E-state index contributed by atoms with van der Waals surface area (Å²) in [7, 11) is 0. The maximum Gasteiger partial charge on any atom is 0.315 e. The smallest absolute Gasteiger partial charge is 0.315 e. The number of urea groups is 1. The van der Waals surface area contributed by atoms with E-state index in [-0.39, 0.29) is 24.8 Å². The third-order valence-corrected chi connectivity index (χ3v) is 6.13. The molecule has 0 bridgehead atoms. The molecular weight excluding hydrogens is 459 g/mol. The van der Waals surface area contributed by atoms with Gasteiger partial charge >= 0.3 is 6.03 Å². The van der Waals surface area contributed by atoms with E-state index in [1.54, 1.807) is 12.1 Å². The minimum atomic E-state index is -0.467. The highest BCUT2D eigenvalue weighted by molar-refractivity contribution is 5.97. The number of nitrogens with zero attached hydrogens (tertiary/aromatic N) is 3. The maximum atomic E-state index is 13.0. The highest BCUT2D eigenvalue weighted by atomic mass is 19.1. The first-order chi connectivity index (χ1) is 17.6. The van der Waals surface area contributed by atoms with E-state index in [2.05, 4.69) is 42.9 Å². The van der Waals surface area contributed by atoms with Crippen LogP contribution in [0.5, 0.6) is 0 Å². The van der Waals surface area contributed by atoms with E-state index in [1.165, 1.54) is 17.7 Å². The van der Waals surface area contributed by atoms with Crippen LogP contribution in [0.1, 0.15) is 11.1 Å². The normalized spacial score (nSPS) is 13.8. The van der Waals surface area contributed by atoms with Gasteiger partial charge in [-0.2, -0.15) is 0 Å². The number of para-hydroxylation sites is 2. The van der Waals surface area contributed by atoms with Crippen LogP contribution in [-0.2, 0) is 17.8 Å². The summed E-state index contributed by atoms with van der Waals surface area (Å²) in [6.45, 7) is 4.72. The first-order valence-electron chi connectivity index (χ1n) is 12.1. The van der Waals surface area contributed by atoms with Gasteiger partial charge in [-0.3, -0.25) is 14.7 Å². The van der Waals surface area contributed by atoms with Gasteiger partial charge in [0.1, 0.15) is 5.82 Å². The van der Waals surface area contributed by atoms with Crippen molar-refractivity contribution in [3.05, 3.63) is 90.0 Å². The van der Waals surface area contributed by atoms with Gasteiger partial charge in [0.25, 0.3) is 0 Å². The molecule has 3 amide bonds. The summed E-state index contributed by atoms with van der Waals surface area (Å²) in [5.74, 6) is -0.640. The van der Waals surface area contributed by atoms with E-state index < -0.39 is 6.03 Å². The number of rotatable bonds is 9. The molecule has 4 rings (SSSR count). The molecule has 3 aromatic rings. The lowest BCUT2D eigenvalue weighted by molar-refractivity contribution is -0.115. The maximum absolute atomic E-state index is 13.0. The number of carbonyl (C=O) groups is 2. The molecular formula is C27H31FN6O2. The summed E-state index contributed by atoms with van der Waals surface area (Å²) in [4.78, 5) is 33.3. The molecule has 0 radical (unpaired) electrons. The average molecular weight is 491 g/mol. The molecule has 1 fully saturated rings. The van der Waals surface area contributed by atoms with Crippen molar-refractivity contribution >= 4 is 23.3 Å². The van der Waals surface area contributed by atoms with Gasteiger partial charge in [-0.25, -0.2) is 9.18 Å². The number of aromatic nitrogens is 1. The van der Waals surface area contributed by atoms with E-state index in [0.717, 1.165) is 56.1 Å². The van der Waals surface area contributed by atoms with Crippen LogP contribution in [-0.4, -0.2) is 61.1 Å². The molecule has 1 aliphatic heterocycles. The molecule has 0 atom stereocenters. The summed E-state index contributed by atoms with van der Waals surface area (Å²) >= 11 is 0. The topological polar surface area (TPSA) is 89.6 Å². The average Bonchev–Trinajstić information content (AvgIpc) is 2.92. The molecule has 8 nitrogen and oxygen atoms in total. The summed E-state index contributed by atoms with van der Waals surface area (Å²) in [6, 6.07) is 17.2. The third-order valence-electron chi connectivity index (χ3n) is 6.13. The quantitative estimate of drug-likeness (QED) is 0.429.